The molecule has 1 aliphatic rings. The van der Waals surface area contributed by atoms with E-state index in [1.54, 1.807) is 0 Å². The minimum atomic E-state index is -3.42. The number of Topliss-reactive ketones (excluding diaryl/α,β-unsaturated/α-hetero) is 1. The Morgan fingerprint density at radius 3 is 2.47 bits per heavy atom. The zero-order valence-electron chi connectivity index (χ0n) is 9.61. The molecule has 1 aromatic heterocycles. The average Bonchev–Trinajstić information content (AvgIpc) is 2.87. The van der Waals surface area contributed by atoms with E-state index in [2.05, 4.69) is 5.32 Å². The van der Waals surface area contributed by atoms with Gasteiger partial charge < -0.3 is 11.1 Å². The van der Waals surface area contributed by atoms with Crippen LogP contribution in [0.3, 0.4) is 0 Å². The molecule has 0 aliphatic heterocycles. The summed E-state index contributed by atoms with van der Waals surface area (Å²) in [6.45, 7) is 1.38. The molecule has 2 rings (SSSR count). The molecule has 0 amide bonds. The minimum Gasteiger partial charge on any atom is -0.396 e. The first kappa shape index (κ1) is 12.4. The zero-order chi connectivity index (χ0) is 12.8. The molecule has 1 aliphatic carbocycles. The summed E-state index contributed by atoms with van der Waals surface area (Å²) in [7, 11) is -3.42. The molecule has 5 nitrogen and oxygen atoms in total. The van der Waals surface area contributed by atoms with Crippen molar-refractivity contribution in [3.63, 3.8) is 0 Å². The summed E-state index contributed by atoms with van der Waals surface area (Å²) in [6, 6.07) is 0.313. The topological polar surface area (TPSA) is 89.3 Å². The Morgan fingerprint density at radius 2 is 2.06 bits per heavy atom. The monoisotopic (exact) mass is 274 g/mol. The molecule has 0 saturated heterocycles. The second kappa shape index (κ2) is 3.99. The van der Waals surface area contributed by atoms with E-state index in [4.69, 9.17) is 5.73 Å². The van der Waals surface area contributed by atoms with Crippen LogP contribution in [-0.4, -0.2) is 26.5 Å². The molecule has 7 heteroatoms. The Labute approximate surface area is 104 Å². The first-order chi connectivity index (χ1) is 7.80. The number of hydrogen-bond donors (Lipinski definition) is 2. The molecular formula is C10H14N2O3S2. The largest absolute Gasteiger partial charge is 0.396 e. The fraction of sp³-hybridized carbons (Fsp3) is 0.500. The molecular weight excluding hydrogens is 260 g/mol. The summed E-state index contributed by atoms with van der Waals surface area (Å²) in [6.07, 6.45) is 3.15. The van der Waals surface area contributed by atoms with Gasteiger partial charge in [0.2, 0.25) is 0 Å². The van der Waals surface area contributed by atoms with Crippen LogP contribution >= 0.6 is 11.3 Å². The number of anilines is 2. The number of hydrogen-bond acceptors (Lipinski definition) is 6. The molecule has 1 fully saturated rings. The van der Waals surface area contributed by atoms with Gasteiger partial charge in [0.05, 0.1) is 10.6 Å². The fourth-order valence-corrected chi connectivity index (χ4v) is 4.10. The van der Waals surface area contributed by atoms with Crippen LogP contribution in [0.25, 0.3) is 0 Å². The lowest BCUT2D eigenvalue weighted by Gasteiger charge is -2.04. The van der Waals surface area contributed by atoms with Gasteiger partial charge in [-0.05, 0) is 12.8 Å². The molecule has 1 aromatic rings. The standard InChI is InChI=1S/C10H14N2O3S2/c1-5(13)8-7(11)9(17(2,14)15)10(16-8)12-6-3-4-6/h6,12H,3-4,11H2,1-2H3. The van der Waals surface area contributed by atoms with Crippen LogP contribution < -0.4 is 11.1 Å². The van der Waals surface area contributed by atoms with Gasteiger partial charge >= 0.3 is 0 Å². The highest BCUT2D eigenvalue weighted by Gasteiger charge is 2.29. The van der Waals surface area contributed by atoms with Gasteiger partial charge in [0.15, 0.2) is 15.6 Å². The summed E-state index contributed by atoms with van der Waals surface area (Å²) in [5.41, 5.74) is 5.83. The highest BCUT2D eigenvalue weighted by molar-refractivity contribution is 7.91. The first-order valence-corrected chi connectivity index (χ1v) is 7.91. The van der Waals surface area contributed by atoms with Crippen LogP contribution in [0.15, 0.2) is 4.90 Å². The summed E-state index contributed by atoms with van der Waals surface area (Å²) in [5, 5.41) is 3.61. The molecule has 0 bridgehead atoms. The molecule has 1 saturated carbocycles. The van der Waals surface area contributed by atoms with E-state index in [-0.39, 0.29) is 16.4 Å². The van der Waals surface area contributed by atoms with E-state index in [0.29, 0.717) is 15.9 Å². The molecule has 94 valence electrons. The lowest BCUT2D eigenvalue weighted by molar-refractivity contribution is 0.102. The third-order valence-corrected chi connectivity index (χ3v) is 5.04. The fourth-order valence-electron chi connectivity index (χ4n) is 1.57. The molecule has 0 unspecified atom stereocenters. The Balaban J connectivity index is 2.55. The van der Waals surface area contributed by atoms with Crippen LogP contribution in [0.1, 0.15) is 29.4 Å². The molecule has 3 N–H and O–H groups in total. The normalized spacial score (nSPS) is 15.9. The van der Waals surface area contributed by atoms with E-state index in [0.717, 1.165) is 30.4 Å². The summed E-state index contributed by atoms with van der Waals surface area (Å²) < 4.78 is 23.4. The van der Waals surface area contributed by atoms with Gasteiger partial charge in [-0.15, -0.1) is 11.3 Å². The lowest BCUT2D eigenvalue weighted by Crippen LogP contribution is -2.07. The van der Waals surface area contributed by atoms with Gasteiger partial charge in [-0.1, -0.05) is 0 Å². The smallest absolute Gasteiger partial charge is 0.180 e. The number of rotatable bonds is 4. The summed E-state index contributed by atoms with van der Waals surface area (Å²) >= 11 is 1.12. The lowest BCUT2D eigenvalue weighted by atomic mass is 10.3. The number of nitrogens with two attached hydrogens (primary N) is 1. The predicted molar refractivity (Wildman–Crippen MR) is 68.5 cm³/mol. The van der Waals surface area contributed by atoms with E-state index in [1.807, 2.05) is 0 Å². The van der Waals surface area contributed by atoms with Crippen molar-refractivity contribution in [2.45, 2.75) is 30.7 Å². The molecule has 0 aromatic carbocycles. The van der Waals surface area contributed by atoms with Crippen LogP contribution in [0, 0.1) is 0 Å². The van der Waals surface area contributed by atoms with Crippen molar-refractivity contribution in [2.75, 3.05) is 17.3 Å². The summed E-state index contributed by atoms with van der Waals surface area (Å²) in [4.78, 5) is 11.8. The van der Waals surface area contributed by atoms with Gasteiger partial charge in [0, 0.05) is 19.2 Å². The van der Waals surface area contributed by atoms with Crippen molar-refractivity contribution in [3.8, 4) is 0 Å². The number of carbonyl (C=O) groups is 1. The predicted octanol–water partition coefficient (Wildman–Crippen LogP) is 1.51. The minimum absolute atomic E-state index is 0.0691. The second-order valence-corrected chi connectivity index (χ2v) is 7.22. The van der Waals surface area contributed by atoms with Gasteiger partial charge in [-0.25, -0.2) is 8.42 Å². The Morgan fingerprint density at radius 1 is 1.47 bits per heavy atom. The Kier molecular flexibility index (Phi) is 2.90. The number of nitrogen functional groups attached to an aromatic ring is 1. The molecule has 17 heavy (non-hydrogen) atoms. The SMILES string of the molecule is CC(=O)c1sc(NC2CC2)c(S(C)(=O)=O)c1N. The number of thiophene rings is 1. The van der Waals surface area contributed by atoms with Crippen molar-refractivity contribution < 1.29 is 13.2 Å². The van der Waals surface area contributed by atoms with Gasteiger partial charge in [0.25, 0.3) is 0 Å². The van der Waals surface area contributed by atoms with Crippen LogP contribution in [0.4, 0.5) is 10.7 Å². The second-order valence-electron chi connectivity index (χ2n) is 4.25. The van der Waals surface area contributed by atoms with Gasteiger partial charge in [-0.3, -0.25) is 4.79 Å². The number of sulfone groups is 1. The summed E-state index contributed by atoms with van der Waals surface area (Å²) in [5.74, 6) is -0.207. The molecule has 1 heterocycles. The average molecular weight is 274 g/mol. The molecule has 0 radical (unpaired) electrons. The van der Waals surface area contributed by atoms with Crippen molar-refractivity contribution in [1.82, 2.24) is 0 Å². The highest BCUT2D eigenvalue weighted by Crippen LogP contribution is 2.41. The van der Waals surface area contributed by atoms with Crippen LogP contribution in [-0.2, 0) is 9.84 Å². The van der Waals surface area contributed by atoms with E-state index >= 15 is 0 Å². The van der Waals surface area contributed by atoms with Crippen molar-refractivity contribution >= 4 is 37.6 Å². The van der Waals surface area contributed by atoms with Crippen LogP contribution in [0.2, 0.25) is 0 Å². The quantitative estimate of drug-likeness (QED) is 0.812. The van der Waals surface area contributed by atoms with Gasteiger partial charge in [0.1, 0.15) is 9.90 Å². The zero-order valence-corrected chi connectivity index (χ0v) is 11.2. The number of carbonyl (C=O) groups excluding carboxylic acids is 1. The maximum Gasteiger partial charge on any atom is 0.180 e. The molecule has 0 atom stereocenters. The van der Waals surface area contributed by atoms with Gasteiger partial charge in [-0.2, -0.15) is 0 Å². The third kappa shape index (κ3) is 2.44. The maximum atomic E-state index is 11.7. The van der Waals surface area contributed by atoms with Crippen molar-refractivity contribution in [1.29, 1.82) is 0 Å². The van der Waals surface area contributed by atoms with Crippen molar-refractivity contribution in [2.24, 2.45) is 0 Å². The Bertz CT molecular complexity index is 571. The van der Waals surface area contributed by atoms with Crippen molar-refractivity contribution in [3.05, 3.63) is 4.88 Å². The number of nitrogens with one attached hydrogen (secondary N) is 1. The van der Waals surface area contributed by atoms with E-state index < -0.39 is 9.84 Å². The highest BCUT2D eigenvalue weighted by atomic mass is 32.2. The maximum absolute atomic E-state index is 11.7. The van der Waals surface area contributed by atoms with Crippen LogP contribution in [0.5, 0.6) is 0 Å². The number of ketones is 1. The van der Waals surface area contributed by atoms with E-state index in [1.165, 1.54) is 6.92 Å². The Hall–Kier alpha value is -1.08. The first-order valence-electron chi connectivity index (χ1n) is 5.20. The third-order valence-electron chi connectivity index (χ3n) is 2.50. The molecule has 0 spiro atoms. The van der Waals surface area contributed by atoms with E-state index in [9.17, 15) is 13.2 Å².